The van der Waals surface area contributed by atoms with E-state index in [9.17, 15) is 9.18 Å². The fourth-order valence-electron chi connectivity index (χ4n) is 1.28. The lowest BCUT2D eigenvalue weighted by atomic mass is 10.2. The van der Waals surface area contributed by atoms with Gasteiger partial charge in [-0.05, 0) is 18.2 Å². The van der Waals surface area contributed by atoms with Crippen LogP contribution in [0.4, 0.5) is 4.39 Å². The summed E-state index contributed by atoms with van der Waals surface area (Å²) < 4.78 is 18.6. The zero-order chi connectivity index (χ0) is 13.1. The van der Waals surface area contributed by atoms with E-state index in [0.29, 0.717) is 17.5 Å². The number of thioether (sulfide) groups is 1. The molecule has 0 atom stereocenters. The second kappa shape index (κ2) is 5.18. The molecule has 0 bridgehead atoms. The number of benzene rings is 1. The van der Waals surface area contributed by atoms with Gasteiger partial charge in [-0.25, -0.2) is 9.18 Å². The number of aryl methyl sites for hydroxylation is 1. The maximum Gasteiger partial charge on any atom is 0.335 e. The number of hydrogen-bond acceptors (Lipinski definition) is 5. The molecule has 1 N–H and O–H groups in total. The third-order valence-electron chi connectivity index (χ3n) is 2.10. The van der Waals surface area contributed by atoms with Crippen molar-refractivity contribution in [2.45, 2.75) is 17.6 Å². The van der Waals surface area contributed by atoms with E-state index in [-0.39, 0.29) is 10.5 Å². The standard InChI is InChI=1S/C11H9FN2O3S/c1-6-13-14-10(17-6)5-18-9-4-7(11(15)16)2-3-8(9)12/h2-4H,5H2,1H3,(H,15,16). The lowest BCUT2D eigenvalue weighted by Gasteiger charge is -2.02. The molecule has 94 valence electrons. The minimum atomic E-state index is -1.09. The molecule has 7 heteroatoms. The van der Waals surface area contributed by atoms with Gasteiger partial charge in [0.25, 0.3) is 0 Å². The van der Waals surface area contributed by atoms with Crippen LogP contribution in [-0.4, -0.2) is 21.3 Å². The molecule has 0 saturated carbocycles. The summed E-state index contributed by atoms with van der Waals surface area (Å²) in [6.45, 7) is 1.66. The van der Waals surface area contributed by atoms with Gasteiger partial charge in [0, 0.05) is 11.8 Å². The van der Waals surface area contributed by atoms with Crippen LogP contribution in [0.25, 0.3) is 0 Å². The normalized spacial score (nSPS) is 10.6. The Labute approximate surface area is 106 Å². The highest BCUT2D eigenvalue weighted by Crippen LogP contribution is 2.26. The lowest BCUT2D eigenvalue weighted by molar-refractivity contribution is 0.0696. The van der Waals surface area contributed by atoms with Gasteiger partial charge in [-0.1, -0.05) is 0 Å². The lowest BCUT2D eigenvalue weighted by Crippen LogP contribution is -1.97. The van der Waals surface area contributed by atoms with E-state index in [1.807, 2.05) is 0 Å². The predicted molar refractivity (Wildman–Crippen MR) is 62.0 cm³/mol. The zero-order valence-electron chi connectivity index (χ0n) is 9.38. The molecule has 0 fully saturated rings. The summed E-state index contributed by atoms with van der Waals surface area (Å²) in [5.74, 6) is -0.462. The summed E-state index contributed by atoms with van der Waals surface area (Å²) in [4.78, 5) is 11.0. The Balaban J connectivity index is 2.13. The van der Waals surface area contributed by atoms with Crippen LogP contribution in [0.15, 0.2) is 27.5 Å². The third-order valence-corrected chi connectivity index (χ3v) is 3.11. The second-order valence-corrected chi connectivity index (χ2v) is 4.47. The molecular weight excluding hydrogens is 259 g/mol. The minimum absolute atomic E-state index is 0.0422. The van der Waals surface area contributed by atoms with Crippen LogP contribution >= 0.6 is 11.8 Å². The van der Waals surface area contributed by atoms with Gasteiger partial charge in [-0.3, -0.25) is 0 Å². The van der Waals surface area contributed by atoms with Crippen LogP contribution in [0.5, 0.6) is 0 Å². The Hall–Kier alpha value is -1.89. The molecule has 0 radical (unpaired) electrons. The monoisotopic (exact) mass is 268 g/mol. The number of rotatable bonds is 4. The highest BCUT2D eigenvalue weighted by Gasteiger charge is 2.10. The van der Waals surface area contributed by atoms with E-state index in [0.717, 1.165) is 17.8 Å². The van der Waals surface area contributed by atoms with E-state index >= 15 is 0 Å². The van der Waals surface area contributed by atoms with Gasteiger partial charge in [0.15, 0.2) is 0 Å². The van der Waals surface area contributed by atoms with Gasteiger partial charge in [-0.15, -0.1) is 22.0 Å². The summed E-state index contributed by atoms with van der Waals surface area (Å²) in [6, 6.07) is 3.63. The number of aromatic carboxylic acids is 1. The SMILES string of the molecule is Cc1nnc(CSc2cc(C(=O)O)ccc2F)o1. The Morgan fingerprint density at radius 2 is 2.28 bits per heavy atom. The van der Waals surface area contributed by atoms with Crippen molar-refractivity contribution in [3.05, 3.63) is 41.4 Å². The average Bonchev–Trinajstić information content (AvgIpc) is 2.74. The van der Waals surface area contributed by atoms with Crippen molar-refractivity contribution in [2.75, 3.05) is 0 Å². The first-order chi connectivity index (χ1) is 8.56. The molecule has 0 amide bonds. The quantitative estimate of drug-likeness (QED) is 0.858. The molecule has 0 saturated heterocycles. The Kier molecular flexibility index (Phi) is 3.61. The Bertz CT molecular complexity index is 585. The molecule has 0 spiro atoms. The molecule has 18 heavy (non-hydrogen) atoms. The number of carboxylic acid groups (broad SMARTS) is 1. The molecule has 0 unspecified atom stereocenters. The molecular formula is C11H9FN2O3S. The average molecular weight is 268 g/mol. The summed E-state index contributed by atoms with van der Waals surface area (Å²) in [5.41, 5.74) is 0.0422. The summed E-state index contributed by atoms with van der Waals surface area (Å²) in [6.07, 6.45) is 0. The molecule has 1 aromatic heterocycles. The topological polar surface area (TPSA) is 76.2 Å². The van der Waals surface area contributed by atoms with Gasteiger partial charge < -0.3 is 9.52 Å². The molecule has 2 rings (SSSR count). The number of aromatic nitrogens is 2. The molecule has 0 aliphatic carbocycles. The smallest absolute Gasteiger partial charge is 0.335 e. The van der Waals surface area contributed by atoms with Gasteiger partial charge in [-0.2, -0.15) is 0 Å². The Morgan fingerprint density at radius 1 is 1.50 bits per heavy atom. The van der Waals surface area contributed by atoms with E-state index < -0.39 is 11.8 Å². The van der Waals surface area contributed by atoms with Crippen molar-refractivity contribution in [1.82, 2.24) is 10.2 Å². The van der Waals surface area contributed by atoms with E-state index in [2.05, 4.69) is 10.2 Å². The summed E-state index contributed by atoms with van der Waals surface area (Å²) in [5, 5.41) is 16.2. The molecule has 0 aliphatic rings. The fraction of sp³-hybridized carbons (Fsp3) is 0.182. The van der Waals surface area contributed by atoms with Crippen LogP contribution in [0, 0.1) is 12.7 Å². The molecule has 1 aromatic carbocycles. The first-order valence-corrected chi connectivity index (χ1v) is 5.99. The fourth-order valence-corrected chi connectivity index (χ4v) is 2.09. The molecule has 1 heterocycles. The first kappa shape index (κ1) is 12.6. The highest BCUT2D eigenvalue weighted by atomic mass is 32.2. The third kappa shape index (κ3) is 2.86. The molecule has 0 aliphatic heterocycles. The van der Waals surface area contributed by atoms with Crippen LogP contribution in [0.1, 0.15) is 22.1 Å². The number of hydrogen-bond donors (Lipinski definition) is 1. The molecule has 5 nitrogen and oxygen atoms in total. The van der Waals surface area contributed by atoms with Gasteiger partial charge >= 0.3 is 5.97 Å². The second-order valence-electron chi connectivity index (χ2n) is 3.45. The van der Waals surface area contributed by atoms with E-state index in [1.54, 1.807) is 6.92 Å². The van der Waals surface area contributed by atoms with Crippen molar-refractivity contribution in [3.8, 4) is 0 Å². The van der Waals surface area contributed by atoms with Crippen molar-refractivity contribution in [1.29, 1.82) is 0 Å². The highest BCUT2D eigenvalue weighted by molar-refractivity contribution is 7.98. The molecule has 2 aromatic rings. The van der Waals surface area contributed by atoms with E-state index in [1.165, 1.54) is 12.1 Å². The van der Waals surface area contributed by atoms with E-state index in [4.69, 9.17) is 9.52 Å². The van der Waals surface area contributed by atoms with Crippen LogP contribution < -0.4 is 0 Å². The number of carboxylic acids is 1. The van der Waals surface area contributed by atoms with Crippen molar-refractivity contribution in [3.63, 3.8) is 0 Å². The number of halogens is 1. The van der Waals surface area contributed by atoms with Gasteiger partial charge in [0.2, 0.25) is 11.8 Å². The minimum Gasteiger partial charge on any atom is -0.478 e. The van der Waals surface area contributed by atoms with Gasteiger partial charge in [0.05, 0.1) is 11.3 Å². The van der Waals surface area contributed by atoms with Crippen LogP contribution in [0.3, 0.4) is 0 Å². The summed E-state index contributed by atoms with van der Waals surface area (Å²) in [7, 11) is 0. The largest absolute Gasteiger partial charge is 0.478 e. The Morgan fingerprint density at radius 3 is 2.89 bits per heavy atom. The van der Waals surface area contributed by atoms with Crippen molar-refractivity contribution < 1.29 is 18.7 Å². The number of carbonyl (C=O) groups is 1. The zero-order valence-corrected chi connectivity index (χ0v) is 10.2. The van der Waals surface area contributed by atoms with Gasteiger partial charge in [0.1, 0.15) is 5.82 Å². The maximum absolute atomic E-state index is 13.5. The van der Waals surface area contributed by atoms with Crippen LogP contribution in [0.2, 0.25) is 0 Å². The predicted octanol–water partition coefficient (Wildman–Crippen LogP) is 2.51. The maximum atomic E-state index is 13.5. The van der Waals surface area contributed by atoms with Crippen LogP contribution in [-0.2, 0) is 5.75 Å². The van der Waals surface area contributed by atoms with Crippen molar-refractivity contribution in [2.24, 2.45) is 0 Å². The first-order valence-electron chi connectivity index (χ1n) is 5.01. The summed E-state index contributed by atoms with van der Waals surface area (Å²) >= 11 is 1.11. The van der Waals surface area contributed by atoms with Crippen molar-refractivity contribution >= 4 is 17.7 Å². The number of nitrogens with zero attached hydrogens (tertiary/aromatic N) is 2.